The van der Waals surface area contributed by atoms with E-state index < -0.39 is 0 Å². The number of benzene rings is 1. The Kier molecular flexibility index (Phi) is 3.54. The topological polar surface area (TPSA) is 69.2 Å². The number of H-pyrrole nitrogens is 1. The van der Waals surface area contributed by atoms with Crippen molar-refractivity contribution in [2.75, 3.05) is 13.2 Å². The molecule has 1 aliphatic heterocycles. The molecule has 3 rings (SSSR count). The predicted molar refractivity (Wildman–Crippen MR) is 77.6 cm³/mol. The standard InChI is InChI=1S/C15H19N3O2/c1-10-4-2-6-12-14(10)16-13(17-15(12)20)8-18-7-3-5-11(18)9-19/h2,4,6,11,19H,3,5,7-9H2,1H3,(H,16,17,20). The van der Waals surface area contributed by atoms with Gasteiger partial charge in [0.1, 0.15) is 5.82 Å². The minimum Gasteiger partial charge on any atom is -0.395 e. The molecule has 0 radical (unpaired) electrons. The smallest absolute Gasteiger partial charge is 0.258 e. The number of hydrogen-bond acceptors (Lipinski definition) is 4. The molecule has 0 spiro atoms. The lowest BCUT2D eigenvalue weighted by molar-refractivity contribution is 0.151. The van der Waals surface area contributed by atoms with E-state index in [2.05, 4.69) is 14.9 Å². The van der Waals surface area contributed by atoms with Crippen LogP contribution in [-0.4, -0.2) is 39.2 Å². The van der Waals surface area contributed by atoms with Crippen LogP contribution in [0.4, 0.5) is 0 Å². The molecule has 1 atom stereocenters. The molecule has 2 aromatic rings. The fraction of sp³-hybridized carbons (Fsp3) is 0.467. The lowest BCUT2D eigenvalue weighted by Crippen LogP contribution is -2.33. The normalized spacial score (nSPS) is 19.8. The minimum atomic E-state index is -0.0894. The first-order chi connectivity index (χ1) is 9.69. The molecule has 5 heteroatoms. The van der Waals surface area contributed by atoms with Crippen LogP contribution in [-0.2, 0) is 6.54 Å². The van der Waals surface area contributed by atoms with E-state index in [1.165, 1.54) is 0 Å². The Bertz CT molecular complexity index is 680. The first-order valence-corrected chi connectivity index (χ1v) is 7.02. The molecule has 0 bridgehead atoms. The van der Waals surface area contributed by atoms with Gasteiger partial charge in [0.25, 0.3) is 5.56 Å². The Morgan fingerprint density at radius 2 is 2.35 bits per heavy atom. The zero-order valence-corrected chi connectivity index (χ0v) is 11.6. The Morgan fingerprint density at radius 1 is 1.50 bits per heavy atom. The number of nitrogens with one attached hydrogen (secondary N) is 1. The summed E-state index contributed by atoms with van der Waals surface area (Å²) in [4.78, 5) is 21.7. The van der Waals surface area contributed by atoms with Crippen molar-refractivity contribution >= 4 is 10.9 Å². The maximum Gasteiger partial charge on any atom is 0.258 e. The van der Waals surface area contributed by atoms with Crippen LogP contribution >= 0.6 is 0 Å². The molecule has 106 valence electrons. The van der Waals surface area contributed by atoms with Crippen LogP contribution in [0.1, 0.15) is 24.2 Å². The summed E-state index contributed by atoms with van der Waals surface area (Å²) in [5.41, 5.74) is 1.69. The summed E-state index contributed by atoms with van der Waals surface area (Å²) in [5, 5.41) is 9.98. The van der Waals surface area contributed by atoms with Crippen molar-refractivity contribution in [1.29, 1.82) is 0 Å². The fourth-order valence-electron chi connectivity index (χ4n) is 2.93. The predicted octanol–water partition coefficient (Wildman–Crippen LogP) is 1.19. The van der Waals surface area contributed by atoms with Gasteiger partial charge in [0.2, 0.25) is 0 Å². The van der Waals surface area contributed by atoms with E-state index in [1.807, 2.05) is 19.1 Å². The highest BCUT2D eigenvalue weighted by molar-refractivity contribution is 5.80. The third-order valence-electron chi connectivity index (χ3n) is 4.05. The van der Waals surface area contributed by atoms with Crippen molar-refractivity contribution in [3.8, 4) is 0 Å². The summed E-state index contributed by atoms with van der Waals surface area (Å²) in [5.74, 6) is 0.678. The zero-order valence-electron chi connectivity index (χ0n) is 11.6. The summed E-state index contributed by atoms with van der Waals surface area (Å²) < 4.78 is 0. The highest BCUT2D eigenvalue weighted by Gasteiger charge is 2.24. The molecule has 0 saturated carbocycles. The monoisotopic (exact) mass is 273 g/mol. The van der Waals surface area contributed by atoms with Gasteiger partial charge in [0.15, 0.2) is 0 Å². The number of aromatic amines is 1. The number of hydrogen-bond donors (Lipinski definition) is 2. The van der Waals surface area contributed by atoms with Gasteiger partial charge in [0.05, 0.1) is 24.1 Å². The van der Waals surface area contributed by atoms with Crippen molar-refractivity contribution in [1.82, 2.24) is 14.9 Å². The van der Waals surface area contributed by atoms with Gasteiger partial charge >= 0.3 is 0 Å². The summed E-state index contributed by atoms with van der Waals surface area (Å²) in [6.45, 7) is 3.66. The number of aliphatic hydroxyl groups is 1. The maximum atomic E-state index is 12.1. The minimum absolute atomic E-state index is 0.0894. The molecule has 0 aliphatic carbocycles. The van der Waals surface area contributed by atoms with E-state index in [9.17, 15) is 9.90 Å². The van der Waals surface area contributed by atoms with Crippen LogP contribution in [0.25, 0.3) is 10.9 Å². The van der Waals surface area contributed by atoms with E-state index in [1.54, 1.807) is 6.07 Å². The molecule has 0 amide bonds. The number of para-hydroxylation sites is 1. The lowest BCUT2D eigenvalue weighted by Gasteiger charge is -2.21. The van der Waals surface area contributed by atoms with E-state index in [0.29, 0.717) is 17.8 Å². The van der Waals surface area contributed by atoms with Crippen molar-refractivity contribution in [2.24, 2.45) is 0 Å². The quantitative estimate of drug-likeness (QED) is 0.881. The largest absolute Gasteiger partial charge is 0.395 e. The zero-order chi connectivity index (χ0) is 14.1. The van der Waals surface area contributed by atoms with E-state index in [0.717, 1.165) is 30.5 Å². The molecule has 1 saturated heterocycles. The molecular formula is C15H19N3O2. The second-order valence-electron chi connectivity index (χ2n) is 5.43. The first-order valence-electron chi connectivity index (χ1n) is 7.02. The second kappa shape index (κ2) is 5.34. The molecule has 1 aromatic heterocycles. The van der Waals surface area contributed by atoms with Gasteiger partial charge in [-0.25, -0.2) is 4.98 Å². The van der Waals surface area contributed by atoms with Gasteiger partial charge in [0, 0.05) is 6.04 Å². The van der Waals surface area contributed by atoms with Crippen LogP contribution in [0.15, 0.2) is 23.0 Å². The van der Waals surface area contributed by atoms with Crippen LogP contribution in [0, 0.1) is 6.92 Å². The van der Waals surface area contributed by atoms with Gasteiger partial charge < -0.3 is 10.1 Å². The fourth-order valence-corrected chi connectivity index (χ4v) is 2.93. The maximum absolute atomic E-state index is 12.1. The molecule has 2 heterocycles. The van der Waals surface area contributed by atoms with Crippen molar-refractivity contribution in [3.63, 3.8) is 0 Å². The molecule has 1 unspecified atom stereocenters. The third-order valence-corrected chi connectivity index (χ3v) is 4.05. The van der Waals surface area contributed by atoms with Crippen molar-refractivity contribution < 1.29 is 5.11 Å². The number of likely N-dealkylation sites (tertiary alicyclic amines) is 1. The van der Waals surface area contributed by atoms with Gasteiger partial charge in [-0.1, -0.05) is 12.1 Å². The Morgan fingerprint density at radius 3 is 3.15 bits per heavy atom. The SMILES string of the molecule is Cc1cccc2c(=O)[nH]c(CN3CCCC3CO)nc12. The Labute approximate surface area is 117 Å². The molecule has 1 aliphatic rings. The average molecular weight is 273 g/mol. The molecule has 20 heavy (non-hydrogen) atoms. The van der Waals surface area contributed by atoms with Crippen molar-refractivity contribution in [3.05, 3.63) is 39.9 Å². The molecule has 1 aromatic carbocycles. The van der Waals surface area contributed by atoms with Crippen LogP contribution in [0.3, 0.4) is 0 Å². The van der Waals surface area contributed by atoms with Gasteiger partial charge in [-0.3, -0.25) is 9.69 Å². The van der Waals surface area contributed by atoms with Crippen LogP contribution < -0.4 is 5.56 Å². The number of aromatic nitrogens is 2. The molecule has 5 nitrogen and oxygen atoms in total. The third kappa shape index (κ3) is 2.34. The van der Waals surface area contributed by atoms with E-state index in [4.69, 9.17) is 0 Å². The highest BCUT2D eigenvalue weighted by Crippen LogP contribution is 2.19. The first kappa shape index (κ1) is 13.3. The Hall–Kier alpha value is -1.72. The van der Waals surface area contributed by atoms with Crippen molar-refractivity contribution in [2.45, 2.75) is 32.4 Å². The van der Waals surface area contributed by atoms with Gasteiger partial charge in [-0.15, -0.1) is 0 Å². The Balaban J connectivity index is 1.96. The molecular weight excluding hydrogens is 254 g/mol. The number of aliphatic hydroxyl groups excluding tert-OH is 1. The lowest BCUT2D eigenvalue weighted by atomic mass is 10.1. The summed E-state index contributed by atoms with van der Waals surface area (Å²) in [6, 6.07) is 5.82. The molecule has 1 fully saturated rings. The number of nitrogens with zero attached hydrogens (tertiary/aromatic N) is 2. The van der Waals surface area contributed by atoms with Crippen LogP contribution in [0.2, 0.25) is 0 Å². The van der Waals surface area contributed by atoms with E-state index in [-0.39, 0.29) is 18.2 Å². The summed E-state index contributed by atoms with van der Waals surface area (Å²) >= 11 is 0. The summed E-state index contributed by atoms with van der Waals surface area (Å²) in [7, 11) is 0. The average Bonchev–Trinajstić information content (AvgIpc) is 2.87. The van der Waals surface area contributed by atoms with E-state index >= 15 is 0 Å². The summed E-state index contributed by atoms with van der Waals surface area (Å²) in [6.07, 6.45) is 2.09. The van der Waals surface area contributed by atoms with Gasteiger partial charge in [-0.2, -0.15) is 0 Å². The van der Waals surface area contributed by atoms with Gasteiger partial charge in [-0.05, 0) is 37.9 Å². The number of aryl methyl sites for hydroxylation is 1. The second-order valence-corrected chi connectivity index (χ2v) is 5.43. The highest BCUT2D eigenvalue weighted by atomic mass is 16.3. The van der Waals surface area contributed by atoms with Crippen LogP contribution in [0.5, 0.6) is 0 Å². The number of fused-ring (bicyclic) bond motifs is 1. The number of rotatable bonds is 3. The molecule has 2 N–H and O–H groups in total.